The Bertz CT molecular complexity index is 1090. The third kappa shape index (κ3) is 3.16. The van der Waals surface area contributed by atoms with E-state index in [1.165, 1.54) is 12.1 Å². The molecule has 0 bridgehead atoms. The van der Waals surface area contributed by atoms with E-state index in [1.807, 2.05) is 0 Å². The summed E-state index contributed by atoms with van der Waals surface area (Å²) in [6, 6.07) is 10.1. The second-order valence-corrected chi connectivity index (χ2v) is 8.93. The summed E-state index contributed by atoms with van der Waals surface area (Å²) in [5.74, 6) is -0.465. The lowest BCUT2D eigenvalue weighted by atomic mass is 9.88. The van der Waals surface area contributed by atoms with Crippen molar-refractivity contribution < 1.29 is 12.8 Å². The van der Waals surface area contributed by atoms with Gasteiger partial charge in [0.15, 0.2) is 0 Å². The van der Waals surface area contributed by atoms with Crippen LogP contribution in [-0.4, -0.2) is 26.0 Å². The molecule has 0 amide bonds. The largest absolute Gasteiger partial charge is 0.357 e. The van der Waals surface area contributed by atoms with E-state index in [0.29, 0.717) is 0 Å². The highest BCUT2D eigenvalue weighted by Crippen LogP contribution is 2.35. The number of hydrogen-bond acceptors (Lipinski definition) is 4. The van der Waals surface area contributed by atoms with Gasteiger partial charge in [0, 0.05) is 28.7 Å². The second kappa shape index (κ2) is 6.74. The Morgan fingerprint density at radius 3 is 2.59 bits per heavy atom. The van der Waals surface area contributed by atoms with Crippen LogP contribution >= 0.6 is 0 Å². The molecular weight excluding hydrogens is 365 g/mol. The van der Waals surface area contributed by atoms with Crippen LogP contribution in [0, 0.1) is 5.82 Å². The Labute approximate surface area is 157 Å². The predicted octanol–water partition coefficient (Wildman–Crippen LogP) is 3.06. The Hall–Kier alpha value is -2.22. The standard InChI is InChI=1S/C20H22FN3O2S/c1-2-23-13-9-17-16-11-15(7-8-19(16)24-20(17)18(22)10-13)27(25,26)14-5-3-12(21)4-6-14/h3-8,11,13,18,23-24H,2,9-10,22H2,1H3. The van der Waals surface area contributed by atoms with Crippen molar-refractivity contribution >= 4 is 20.7 Å². The van der Waals surface area contributed by atoms with Gasteiger partial charge in [0.2, 0.25) is 9.84 Å². The number of aromatic amines is 1. The maximum Gasteiger partial charge on any atom is 0.206 e. The second-order valence-electron chi connectivity index (χ2n) is 6.98. The quantitative estimate of drug-likeness (QED) is 0.601. The Balaban J connectivity index is 1.81. The average molecular weight is 387 g/mol. The van der Waals surface area contributed by atoms with Crippen LogP contribution in [0.1, 0.15) is 30.6 Å². The molecule has 0 saturated heterocycles. The molecule has 0 saturated carbocycles. The van der Waals surface area contributed by atoms with Gasteiger partial charge in [-0.1, -0.05) is 6.92 Å². The molecule has 1 aliphatic carbocycles. The molecular formula is C20H22FN3O2S. The minimum Gasteiger partial charge on any atom is -0.357 e. The molecule has 0 fully saturated rings. The molecule has 3 aromatic rings. The lowest BCUT2D eigenvalue weighted by Crippen LogP contribution is -2.37. The zero-order valence-corrected chi connectivity index (χ0v) is 15.8. The topological polar surface area (TPSA) is 88.0 Å². The first-order chi connectivity index (χ1) is 12.9. The van der Waals surface area contributed by atoms with Gasteiger partial charge in [-0.05, 0) is 67.4 Å². The van der Waals surface area contributed by atoms with Crippen LogP contribution in [-0.2, 0) is 16.3 Å². The summed E-state index contributed by atoms with van der Waals surface area (Å²) < 4.78 is 39.0. The molecule has 0 radical (unpaired) electrons. The minimum atomic E-state index is -3.72. The molecule has 27 heavy (non-hydrogen) atoms. The molecule has 2 unspecified atom stereocenters. The van der Waals surface area contributed by atoms with E-state index in [4.69, 9.17) is 5.73 Å². The molecule has 1 heterocycles. The number of aromatic nitrogens is 1. The number of nitrogens with two attached hydrogens (primary N) is 1. The number of sulfone groups is 1. The maximum atomic E-state index is 13.2. The lowest BCUT2D eigenvalue weighted by molar-refractivity contribution is 0.422. The van der Waals surface area contributed by atoms with Gasteiger partial charge in [-0.15, -0.1) is 0 Å². The van der Waals surface area contributed by atoms with Crippen molar-refractivity contribution in [1.29, 1.82) is 0 Å². The van der Waals surface area contributed by atoms with Crippen molar-refractivity contribution in [3.05, 3.63) is 59.5 Å². The monoisotopic (exact) mass is 387 g/mol. The van der Waals surface area contributed by atoms with Gasteiger partial charge in [0.25, 0.3) is 0 Å². The van der Waals surface area contributed by atoms with Crippen molar-refractivity contribution in [1.82, 2.24) is 10.3 Å². The first-order valence-corrected chi connectivity index (χ1v) is 10.5. The Morgan fingerprint density at radius 1 is 1.19 bits per heavy atom. The molecule has 142 valence electrons. The van der Waals surface area contributed by atoms with E-state index in [0.717, 1.165) is 53.7 Å². The van der Waals surface area contributed by atoms with Gasteiger partial charge in [0.1, 0.15) is 5.82 Å². The van der Waals surface area contributed by atoms with Crippen LogP contribution in [0.25, 0.3) is 10.9 Å². The number of rotatable bonds is 4. The average Bonchev–Trinajstić information content (AvgIpc) is 3.01. The van der Waals surface area contributed by atoms with Crippen molar-refractivity contribution in [2.45, 2.75) is 41.6 Å². The smallest absolute Gasteiger partial charge is 0.206 e. The molecule has 4 N–H and O–H groups in total. The Morgan fingerprint density at radius 2 is 1.89 bits per heavy atom. The fraction of sp³-hybridized carbons (Fsp3) is 0.300. The first kappa shape index (κ1) is 18.2. The SMILES string of the molecule is CCNC1Cc2c([nH]c3ccc(S(=O)(=O)c4ccc(F)cc4)cc23)C(N)C1. The van der Waals surface area contributed by atoms with Crippen LogP contribution in [0.3, 0.4) is 0 Å². The summed E-state index contributed by atoms with van der Waals surface area (Å²) in [5, 5.41) is 4.32. The van der Waals surface area contributed by atoms with Crippen molar-refractivity contribution in [2.24, 2.45) is 5.73 Å². The van der Waals surface area contributed by atoms with Crippen LogP contribution in [0.5, 0.6) is 0 Å². The summed E-state index contributed by atoms with van der Waals surface area (Å²) in [4.78, 5) is 3.63. The first-order valence-electron chi connectivity index (χ1n) is 9.04. The highest BCUT2D eigenvalue weighted by molar-refractivity contribution is 7.91. The zero-order chi connectivity index (χ0) is 19.2. The fourth-order valence-electron chi connectivity index (χ4n) is 3.90. The molecule has 4 rings (SSSR count). The Kier molecular flexibility index (Phi) is 4.53. The van der Waals surface area contributed by atoms with Crippen LogP contribution in [0.2, 0.25) is 0 Å². The zero-order valence-electron chi connectivity index (χ0n) is 15.0. The van der Waals surface area contributed by atoms with E-state index >= 15 is 0 Å². The summed E-state index contributed by atoms with van der Waals surface area (Å²) in [6.07, 6.45) is 1.64. The third-order valence-corrected chi connectivity index (χ3v) is 6.96. The van der Waals surface area contributed by atoms with Crippen molar-refractivity contribution in [3.63, 3.8) is 0 Å². The van der Waals surface area contributed by atoms with Crippen molar-refractivity contribution in [2.75, 3.05) is 6.54 Å². The van der Waals surface area contributed by atoms with Gasteiger partial charge >= 0.3 is 0 Å². The van der Waals surface area contributed by atoms with Crippen molar-refractivity contribution in [3.8, 4) is 0 Å². The summed E-state index contributed by atoms with van der Waals surface area (Å²) in [5.41, 5.74) is 9.27. The lowest BCUT2D eigenvalue weighted by Gasteiger charge is -2.27. The summed E-state index contributed by atoms with van der Waals surface area (Å²) in [7, 11) is -3.72. The van der Waals surface area contributed by atoms with Gasteiger partial charge in [-0.3, -0.25) is 0 Å². The number of likely N-dealkylation sites (N-methyl/N-ethyl adjacent to an activating group) is 1. The van der Waals surface area contributed by atoms with Crippen LogP contribution in [0.15, 0.2) is 52.3 Å². The molecule has 0 aliphatic heterocycles. The highest BCUT2D eigenvalue weighted by Gasteiger charge is 2.28. The maximum absolute atomic E-state index is 13.2. The molecule has 0 spiro atoms. The number of benzene rings is 2. The molecule has 2 atom stereocenters. The summed E-state index contributed by atoms with van der Waals surface area (Å²) >= 11 is 0. The van der Waals surface area contributed by atoms with E-state index in [2.05, 4.69) is 17.2 Å². The van der Waals surface area contributed by atoms with E-state index in [9.17, 15) is 12.8 Å². The van der Waals surface area contributed by atoms with E-state index in [-0.39, 0.29) is 21.9 Å². The number of halogens is 1. The minimum absolute atomic E-state index is 0.0786. The highest BCUT2D eigenvalue weighted by atomic mass is 32.2. The fourth-order valence-corrected chi connectivity index (χ4v) is 5.19. The van der Waals surface area contributed by atoms with E-state index in [1.54, 1.807) is 18.2 Å². The molecule has 2 aromatic carbocycles. The van der Waals surface area contributed by atoms with Crippen LogP contribution < -0.4 is 11.1 Å². The van der Waals surface area contributed by atoms with Gasteiger partial charge in [-0.25, -0.2) is 12.8 Å². The van der Waals surface area contributed by atoms with Crippen LogP contribution in [0.4, 0.5) is 4.39 Å². The third-order valence-electron chi connectivity index (χ3n) is 5.20. The predicted molar refractivity (Wildman–Crippen MR) is 103 cm³/mol. The molecule has 1 aliphatic rings. The van der Waals surface area contributed by atoms with Gasteiger partial charge < -0.3 is 16.0 Å². The normalized spacial score (nSPS) is 20.0. The van der Waals surface area contributed by atoms with Gasteiger partial charge in [-0.2, -0.15) is 0 Å². The van der Waals surface area contributed by atoms with E-state index < -0.39 is 15.7 Å². The molecule has 5 nitrogen and oxygen atoms in total. The van der Waals surface area contributed by atoms with Gasteiger partial charge in [0.05, 0.1) is 9.79 Å². The number of H-pyrrole nitrogens is 1. The number of hydrogen-bond donors (Lipinski definition) is 3. The number of nitrogens with one attached hydrogen (secondary N) is 2. The molecule has 7 heteroatoms. The number of fused-ring (bicyclic) bond motifs is 3. The molecule has 1 aromatic heterocycles. The summed E-state index contributed by atoms with van der Waals surface area (Å²) in [6.45, 7) is 2.92.